The summed E-state index contributed by atoms with van der Waals surface area (Å²) >= 11 is 0. The summed E-state index contributed by atoms with van der Waals surface area (Å²) in [7, 11) is 1.25. The Morgan fingerprint density at radius 3 is 1.90 bits per heavy atom. The van der Waals surface area contributed by atoms with Gasteiger partial charge in [0.05, 0.1) is 49.9 Å². The lowest BCUT2D eigenvalue weighted by Crippen LogP contribution is -2.58. The van der Waals surface area contributed by atoms with Crippen molar-refractivity contribution in [3.63, 3.8) is 0 Å². The number of hydrogen-bond donors (Lipinski definition) is 3. The maximum atomic E-state index is 13.8. The summed E-state index contributed by atoms with van der Waals surface area (Å²) in [6, 6.07) is 35.7. The molecule has 2 heterocycles. The second kappa shape index (κ2) is 17.9. The van der Waals surface area contributed by atoms with E-state index in [2.05, 4.69) is 20.6 Å². The number of benzene rings is 3. The number of alkyl carbamates (subject to hydrolysis) is 1. The average Bonchev–Trinajstić information content (AvgIpc) is 3.16. The smallest absolute Gasteiger partial charge is 0.407 e. The van der Waals surface area contributed by atoms with E-state index in [4.69, 9.17) is 9.84 Å². The first-order valence-corrected chi connectivity index (χ1v) is 17.3. The van der Waals surface area contributed by atoms with Crippen molar-refractivity contribution in [2.45, 2.75) is 51.9 Å². The zero-order valence-electron chi connectivity index (χ0n) is 30.0. The van der Waals surface area contributed by atoms with Crippen LogP contribution in [-0.4, -0.2) is 70.1 Å². The summed E-state index contributed by atoms with van der Waals surface area (Å²) in [6.07, 6.45) is 3.90. The fourth-order valence-electron chi connectivity index (χ4n) is 5.71. The second-order valence-corrected chi connectivity index (χ2v) is 13.6. The third-order valence-electron chi connectivity index (χ3n) is 8.59. The van der Waals surface area contributed by atoms with Crippen LogP contribution in [0.15, 0.2) is 133 Å². The third-order valence-corrected chi connectivity index (χ3v) is 8.59. The Morgan fingerprint density at radius 2 is 1.37 bits per heavy atom. The van der Waals surface area contributed by atoms with Crippen LogP contribution in [0.25, 0.3) is 22.5 Å². The molecule has 3 atom stereocenters. The Labute approximate surface area is 305 Å². The highest BCUT2D eigenvalue weighted by molar-refractivity contribution is 5.86. The lowest BCUT2D eigenvalue weighted by molar-refractivity contribution is -0.127. The molecule has 2 amide bonds. The van der Waals surface area contributed by atoms with E-state index >= 15 is 0 Å². The Kier molecular flexibility index (Phi) is 12.8. The number of methoxy groups -OCH3 is 1. The summed E-state index contributed by atoms with van der Waals surface area (Å²) in [5, 5.41) is 24.2. The quantitative estimate of drug-likeness (QED) is 0.0892. The van der Waals surface area contributed by atoms with Gasteiger partial charge in [0, 0.05) is 23.5 Å². The molecular formula is C42H46N6O4. The Bertz CT molecular complexity index is 1880. The van der Waals surface area contributed by atoms with Crippen LogP contribution < -0.4 is 10.6 Å². The summed E-state index contributed by atoms with van der Waals surface area (Å²) in [5.41, 5.74) is 5.90. The molecule has 2 aromatic heterocycles. The number of nitrogens with one attached hydrogen (secondary N) is 2. The first kappa shape index (κ1) is 37.4. The minimum absolute atomic E-state index is 0.104. The number of carbonyl (C=O) groups excluding carboxylic acids is 2. The number of nitrogens with zero attached hydrogens (tertiary/aromatic N) is 4. The zero-order valence-corrected chi connectivity index (χ0v) is 30.0. The molecule has 5 rings (SSSR count). The highest BCUT2D eigenvalue weighted by Gasteiger charge is 2.35. The van der Waals surface area contributed by atoms with Gasteiger partial charge >= 0.3 is 6.09 Å². The number of carbonyl (C=O) groups is 2. The first-order valence-electron chi connectivity index (χ1n) is 17.3. The fourth-order valence-corrected chi connectivity index (χ4v) is 5.71. The van der Waals surface area contributed by atoms with Crippen LogP contribution in [0.3, 0.4) is 0 Å². The van der Waals surface area contributed by atoms with Crippen molar-refractivity contribution in [2.24, 2.45) is 10.5 Å². The number of aliphatic hydroxyl groups is 1. The van der Waals surface area contributed by atoms with E-state index in [1.807, 2.05) is 136 Å². The number of hydrazone groups is 1. The van der Waals surface area contributed by atoms with Crippen LogP contribution in [-0.2, 0) is 22.5 Å². The molecule has 10 heteroatoms. The lowest BCUT2D eigenvalue weighted by Gasteiger charge is -2.33. The van der Waals surface area contributed by atoms with E-state index in [0.29, 0.717) is 13.0 Å². The highest BCUT2D eigenvalue weighted by Crippen LogP contribution is 2.22. The number of rotatable bonds is 14. The number of ether oxygens (including phenoxy) is 1. The SMILES string of the molecule is COC(=O)N[C@H](C(=O)N[C@@H](Cc1ccccc1)[C@@H](O)CN(Cc1ccc(-c2ccccn2)cc1)/N=C/c1ccc(-c2ccccn2)cc1)C(C)(C)C. The van der Waals surface area contributed by atoms with Crippen LogP contribution in [0, 0.1) is 5.41 Å². The van der Waals surface area contributed by atoms with Gasteiger partial charge < -0.3 is 20.5 Å². The molecule has 0 fully saturated rings. The predicted octanol–water partition coefficient (Wildman–Crippen LogP) is 6.51. The molecule has 0 aliphatic rings. The van der Waals surface area contributed by atoms with E-state index < -0.39 is 35.6 Å². The van der Waals surface area contributed by atoms with E-state index in [9.17, 15) is 14.7 Å². The van der Waals surface area contributed by atoms with Crippen molar-refractivity contribution in [3.05, 3.63) is 144 Å². The molecule has 0 aliphatic heterocycles. The highest BCUT2D eigenvalue weighted by atomic mass is 16.5. The molecule has 3 N–H and O–H groups in total. The van der Waals surface area contributed by atoms with Crippen molar-refractivity contribution < 1.29 is 19.4 Å². The molecule has 0 saturated carbocycles. The molecule has 5 aromatic rings. The van der Waals surface area contributed by atoms with Gasteiger partial charge in [0.1, 0.15) is 6.04 Å². The zero-order chi connectivity index (χ0) is 36.9. The van der Waals surface area contributed by atoms with E-state index in [1.165, 1.54) is 7.11 Å². The van der Waals surface area contributed by atoms with Gasteiger partial charge in [-0.25, -0.2) is 4.79 Å². The van der Waals surface area contributed by atoms with Gasteiger partial charge in [0.2, 0.25) is 5.91 Å². The van der Waals surface area contributed by atoms with Crippen molar-refractivity contribution in [1.82, 2.24) is 25.6 Å². The maximum Gasteiger partial charge on any atom is 0.407 e. The topological polar surface area (TPSA) is 129 Å². The molecule has 0 unspecified atom stereocenters. The summed E-state index contributed by atoms with van der Waals surface area (Å²) < 4.78 is 4.80. The van der Waals surface area contributed by atoms with Crippen molar-refractivity contribution >= 4 is 18.2 Å². The van der Waals surface area contributed by atoms with Crippen LogP contribution >= 0.6 is 0 Å². The van der Waals surface area contributed by atoms with Gasteiger partial charge in [-0.05, 0) is 52.8 Å². The molecule has 3 aromatic carbocycles. The Morgan fingerprint density at radius 1 is 0.788 bits per heavy atom. The Hall–Kier alpha value is -5.87. The van der Waals surface area contributed by atoms with Crippen molar-refractivity contribution in [1.29, 1.82) is 0 Å². The third kappa shape index (κ3) is 10.8. The summed E-state index contributed by atoms with van der Waals surface area (Å²) in [4.78, 5) is 34.9. The van der Waals surface area contributed by atoms with Crippen LogP contribution in [0.2, 0.25) is 0 Å². The first-order chi connectivity index (χ1) is 25.1. The van der Waals surface area contributed by atoms with E-state index in [0.717, 1.165) is 39.2 Å². The molecule has 0 aliphatic carbocycles. The monoisotopic (exact) mass is 698 g/mol. The van der Waals surface area contributed by atoms with Gasteiger partial charge in [0.15, 0.2) is 0 Å². The lowest BCUT2D eigenvalue weighted by atomic mass is 9.85. The van der Waals surface area contributed by atoms with Gasteiger partial charge in [-0.15, -0.1) is 0 Å². The average molecular weight is 699 g/mol. The van der Waals surface area contributed by atoms with Gasteiger partial charge in [-0.1, -0.05) is 112 Å². The molecule has 0 spiro atoms. The van der Waals surface area contributed by atoms with E-state index in [1.54, 1.807) is 23.6 Å². The number of hydrogen-bond acceptors (Lipinski definition) is 8. The predicted molar refractivity (Wildman–Crippen MR) is 204 cm³/mol. The van der Waals surface area contributed by atoms with E-state index in [-0.39, 0.29) is 6.54 Å². The van der Waals surface area contributed by atoms with Crippen molar-refractivity contribution in [3.8, 4) is 22.5 Å². The van der Waals surface area contributed by atoms with Crippen LogP contribution in [0.1, 0.15) is 37.5 Å². The van der Waals surface area contributed by atoms with Crippen LogP contribution in [0.4, 0.5) is 4.79 Å². The minimum atomic E-state index is -1.04. The molecule has 0 bridgehead atoms. The molecule has 10 nitrogen and oxygen atoms in total. The fraction of sp³-hybridized carbons (Fsp3) is 0.262. The van der Waals surface area contributed by atoms with Gasteiger partial charge in [-0.3, -0.25) is 19.8 Å². The molecule has 0 radical (unpaired) electrons. The molecular weight excluding hydrogens is 652 g/mol. The number of pyridine rings is 2. The van der Waals surface area contributed by atoms with Gasteiger partial charge in [-0.2, -0.15) is 5.10 Å². The van der Waals surface area contributed by atoms with Crippen LogP contribution in [0.5, 0.6) is 0 Å². The number of aliphatic hydroxyl groups excluding tert-OH is 1. The Balaban J connectivity index is 1.40. The minimum Gasteiger partial charge on any atom is -0.453 e. The largest absolute Gasteiger partial charge is 0.453 e. The standard InChI is InChI=1S/C42H46N6O4/c1-42(2,3)39(47-41(51)52-4)40(50)46-37(26-30-12-6-5-7-13-30)38(49)29-48(28-32-18-22-34(23-19-32)36-15-9-11-25-44-36)45-27-31-16-20-33(21-17-31)35-14-8-10-24-43-35/h5-25,27,37-39,49H,26,28-29H2,1-4H3,(H,46,50)(H,47,51)/b45-27+/t37-,38-,39+/m0/s1. The molecule has 0 saturated heterocycles. The summed E-state index contributed by atoms with van der Waals surface area (Å²) in [6.45, 7) is 6.06. The second-order valence-electron chi connectivity index (χ2n) is 13.6. The maximum absolute atomic E-state index is 13.8. The number of aromatic nitrogens is 2. The van der Waals surface area contributed by atoms with Crippen molar-refractivity contribution in [2.75, 3.05) is 13.7 Å². The van der Waals surface area contributed by atoms with Gasteiger partial charge in [0.25, 0.3) is 0 Å². The number of amides is 2. The molecule has 52 heavy (non-hydrogen) atoms. The molecule has 268 valence electrons. The summed E-state index contributed by atoms with van der Waals surface area (Å²) in [5.74, 6) is -0.425. The normalized spacial score (nSPS) is 13.2.